The summed E-state index contributed by atoms with van der Waals surface area (Å²) in [5.74, 6) is 0.537. The second kappa shape index (κ2) is 8.24. The molecule has 1 amide bonds. The van der Waals surface area contributed by atoms with E-state index in [4.69, 9.17) is 0 Å². The van der Waals surface area contributed by atoms with E-state index in [0.717, 1.165) is 18.7 Å². The average Bonchev–Trinajstić information content (AvgIpc) is 2.55. The fourth-order valence-corrected chi connectivity index (χ4v) is 2.07. The number of aromatic nitrogens is 2. The summed E-state index contributed by atoms with van der Waals surface area (Å²) in [5.41, 5.74) is 1.43. The molecule has 0 aliphatic carbocycles. The van der Waals surface area contributed by atoms with Gasteiger partial charge in [0.2, 0.25) is 0 Å². The first kappa shape index (κ1) is 16.9. The van der Waals surface area contributed by atoms with Crippen LogP contribution in [-0.2, 0) is 6.54 Å². The number of carbonyl (C=O) groups is 1. The Kier molecular flexibility index (Phi) is 6.05. The second-order valence-corrected chi connectivity index (χ2v) is 5.68. The summed E-state index contributed by atoms with van der Waals surface area (Å²) < 4.78 is 0. The SMILES string of the molecule is CN(C)CCNc1ccc(C(=O)N(C)Cc2ccccc2)nn1. The number of nitrogens with one attached hydrogen (secondary N) is 1. The van der Waals surface area contributed by atoms with E-state index in [9.17, 15) is 4.79 Å². The number of carbonyl (C=O) groups excluding carboxylic acids is 1. The first-order valence-corrected chi connectivity index (χ1v) is 7.58. The highest BCUT2D eigenvalue weighted by Crippen LogP contribution is 2.08. The largest absolute Gasteiger partial charge is 0.367 e. The van der Waals surface area contributed by atoms with Gasteiger partial charge in [-0.1, -0.05) is 30.3 Å². The van der Waals surface area contributed by atoms with E-state index < -0.39 is 0 Å². The molecule has 2 rings (SSSR count). The maximum Gasteiger partial charge on any atom is 0.274 e. The van der Waals surface area contributed by atoms with Gasteiger partial charge in [0.1, 0.15) is 5.82 Å². The molecular weight excluding hydrogens is 290 g/mol. The summed E-state index contributed by atoms with van der Waals surface area (Å²) in [4.78, 5) is 16.1. The highest BCUT2D eigenvalue weighted by Gasteiger charge is 2.14. The molecule has 0 radical (unpaired) electrons. The zero-order valence-electron chi connectivity index (χ0n) is 13.9. The molecule has 23 heavy (non-hydrogen) atoms. The fourth-order valence-electron chi connectivity index (χ4n) is 2.07. The quantitative estimate of drug-likeness (QED) is 0.843. The summed E-state index contributed by atoms with van der Waals surface area (Å²) in [5, 5.41) is 11.3. The lowest BCUT2D eigenvalue weighted by Gasteiger charge is -2.16. The minimum atomic E-state index is -0.138. The van der Waals surface area contributed by atoms with Crippen LogP contribution in [0, 0.1) is 0 Å². The average molecular weight is 313 g/mol. The van der Waals surface area contributed by atoms with Crippen molar-refractivity contribution < 1.29 is 4.79 Å². The Hall–Kier alpha value is -2.47. The molecule has 1 heterocycles. The molecule has 0 spiro atoms. The lowest BCUT2D eigenvalue weighted by Crippen LogP contribution is -2.27. The smallest absolute Gasteiger partial charge is 0.274 e. The number of likely N-dealkylation sites (N-methyl/N-ethyl adjacent to an activating group) is 1. The minimum Gasteiger partial charge on any atom is -0.367 e. The molecule has 122 valence electrons. The van der Waals surface area contributed by atoms with Crippen LogP contribution in [0.2, 0.25) is 0 Å². The molecule has 0 unspecified atom stereocenters. The Bertz CT molecular complexity index is 613. The van der Waals surface area contributed by atoms with Crippen molar-refractivity contribution in [3.05, 3.63) is 53.7 Å². The maximum atomic E-state index is 12.4. The van der Waals surface area contributed by atoms with Crippen LogP contribution in [-0.4, -0.2) is 60.1 Å². The zero-order chi connectivity index (χ0) is 16.7. The zero-order valence-corrected chi connectivity index (χ0v) is 13.9. The van der Waals surface area contributed by atoms with Gasteiger partial charge in [-0.2, -0.15) is 0 Å². The third kappa shape index (κ3) is 5.34. The molecule has 0 aliphatic rings. The predicted molar refractivity (Wildman–Crippen MR) is 91.3 cm³/mol. The van der Waals surface area contributed by atoms with Crippen molar-refractivity contribution in [2.24, 2.45) is 0 Å². The maximum absolute atomic E-state index is 12.4. The highest BCUT2D eigenvalue weighted by atomic mass is 16.2. The van der Waals surface area contributed by atoms with Crippen LogP contribution in [0.15, 0.2) is 42.5 Å². The van der Waals surface area contributed by atoms with E-state index in [2.05, 4.69) is 20.4 Å². The van der Waals surface area contributed by atoms with Gasteiger partial charge in [-0.3, -0.25) is 4.79 Å². The highest BCUT2D eigenvalue weighted by molar-refractivity contribution is 5.92. The molecule has 1 aromatic carbocycles. The predicted octanol–water partition coefficient (Wildman–Crippen LogP) is 1.72. The molecule has 0 bridgehead atoms. The summed E-state index contributed by atoms with van der Waals surface area (Å²) in [6, 6.07) is 13.4. The molecule has 1 aromatic heterocycles. The monoisotopic (exact) mass is 313 g/mol. The fraction of sp³-hybridized carbons (Fsp3) is 0.353. The van der Waals surface area contributed by atoms with Crippen molar-refractivity contribution in [1.29, 1.82) is 0 Å². The Morgan fingerprint density at radius 2 is 1.78 bits per heavy atom. The van der Waals surface area contributed by atoms with Gasteiger partial charge < -0.3 is 15.1 Å². The third-order valence-electron chi connectivity index (χ3n) is 3.36. The summed E-state index contributed by atoms with van der Waals surface area (Å²) >= 11 is 0. The van der Waals surface area contributed by atoms with Crippen LogP contribution in [0.3, 0.4) is 0 Å². The van der Waals surface area contributed by atoms with Gasteiger partial charge in [0.15, 0.2) is 5.69 Å². The number of hydrogen-bond donors (Lipinski definition) is 1. The molecule has 1 N–H and O–H groups in total. The van der Waals surface area contributed by atoms with Gasteiger partial charge in [0.25, 0.3) is 5.91 Å². The van der Waals surface area contributed by atoms with Crippen molar-refractivity contribution >= 4 is 11.7 Å². The lowest BCUT2D eigenvalue weighted by atomic mass is 10.2. The number of nitrogens with zero attached hydrogens (tertiary/aromatic N) is 4. The van der Waals surface area contributed by atoms with Crippen LogP contribution >= 0.6 is 0 Å². The normalized spacial score (nSPS) is 10.6. The number of rotatable bonds is 7. The van der Waals surface area contributed by atoms with E-state index in [1.54, 1.807) is 24.1 Å². The first-order valence-electron chi connectivity index (χ1n) is 7.58. The first-order chi connectivity index (χ1) is 11.1. The summed E-state index contributed by atoms with van der Waals surface area (Å²) in [6.45, 7) is 2.23. The van der Waals surface area contributed by atoms with E-state index in [0.29, 0.717) is 18.1 Å². The van der Waals surface area contributed by atoms with Gasteiger partial charge in [-0.05, 0) is 31.8 Å². The number of amides is 1. The Balaban J connectivity index is 1.91. The number of benzene rings is 1. The standard InChI is InChI=1S/C17H23N5O/c1-21(2)12-11-18-16-10-9-15(19-20-16)17(23)22(3)13-14-7-5-4-6-8-14/h4-10H,11-13H2,1-3H3,(H,18,20). The Morgan fingerprint density at radius 1 is 1.04 bits per heavy atom. The summed E-state index contributed by atoms with van der Waals surface area (Å²) in [6.07, 6.45) is 0. The molecule has 0 saturated heterocycles. The Labute approximate surface area is 137 Å². The van der Waals surface area contributed by atoms with Crippen LogP contribution in [0.25, 0.3) is 0 Å². The van der Waals surface area contributed by atoms with Crippen LogP contribution in [0.1, 0.15) is 16.1 Å². The van der Waals surface area contributed by atoms with Gasteiger partial charge in [0.05, 0.1) is 0 Å². The van der Waals surface area contributed by atoms with E-state index in [-0.39, 0.29) is 5.91 Å². The minimum absolute atomic E-state index is 0.138. The van der Waals surface area contributed by atoms with Gasteiger partial charge in [-0.15, -0.1) is 10.2 Å². The van der Waals surface area contributed by atoms with E-state index in [1.807, 2.05) is 44.4 Å². The van der Waals surface area contributed by atoms with Crippen LogP contribution < -0.4 is 5.32 Å². The summed E-state index contributed by atoms with van der Waals surface area (Å²) in [7, 11) is 5.79. The van der Waals surface area contributed by atoms with Crippen molar-refractivity contribution in [3.8, 4) is 0 Å². The van der Waals surface area contributed by atoms with Gasteiger partial charge in [-0.25, -0.2) is 0 Å². The molecule has 0 fully saturated rings. The van der Waals surface area contributed by atoms with E-state index in [1.165, 1.54) is 0 Å². The van der Waals surface area contributed by atoms with Crippen LogP contribution in [0.5, 0.6) is 0 Å². The topological polar surface area (TPSA) is 61.4 Å². The molecule has 6 nitrogen and oxygen atoms in total. The number of hydrogen-bond acceptors (Lipinski definition) is 5. The van der Waals surface area contributed by atoms with Crippen molar-refractivity contribution in [2.45, 2.75) is 6.54 Å². The van der Waals surface area contributed by atoms with Crippen molar-refractivity contribution in [2.75, 3.05) is 39.5 Å². The molecular formula is C17H23N5O. The van der Waals surface area contributed by atoms with Gasteiger partial charge in [0, 0.05) is 26.7 Å². The number of anilines is 1. The van der Waals surface area contributed by atoms with Crippen LogP contribution in [0.4, 0.5) is 5.82 Å². The molecule has 0 atom stereocenters. The van der Waals surface area contributed by atoms with Gasteiger partial charge >= 0.3 is 0 Å². The lowest BCUT2D eigenvalue weighted by molar-refractivity contribution is 0.0778. The Morgan fingerprint density at radius 3 is 2.39 bits per heavy atom. The van der Waals surface area contributed by atoms with Crippen molar-refractivity contribution in [3.63, 3.8) is 0 Å². The second-order valence-electron chi connectivity index (χ2n) is 5.68. The third-order valence-corrected chi connectivity index (χ3v) is 3.36. The van der Waals surface area contributed by atoms with Crippen molar-refractivity contribution in [1.82, 2.24) is 20.0 Å². The molecule has 6 heteroatoms. The molecule has 2 aromatic rings. The molecule has 0 saturated carbocycles. The van der Waals surface area contributed by atoms with E-state index >= 15 is 0 Å². The molecule has 0 aliphatic heterocycles.